The average molecular weight is 297 g/mol. The summed E-state index contributed by atoms with van der Waals surface area (Å²) in [6.45, 7) is 6.39. The van der Waals surface area contributed by atoms with Crippen LogP contribution >= 0.6 is 12.4 Å². The second-order valence-electron chi connectivity index (χ2n) is 5.75. The van der Waals surface area contributed by atoms with Gasteiger partial charge in [-0.25, -0.2) is 0 Å². The first-order valence-corrected chi connectivity index (χ1v) is 7.21. The molecule has 0 heterocycles. The summed E-state index contributed by atoms with van der Waals surface area (Å²) < 4.78 is 0. The van der Waals surface area contributed by atoms with Gasteiger partial charge in [0.05, 0.1) is 6.54 Å². The number of nitrogens with one attached hydrogen (secondary N) is 2. The number of hydrogen-bond acceptors (Lipinski definition) is 2. The Morgan fingerprint density at radius 2 is 1.90 bits per heavy atom. The summed E-state index contributed by atoms with van der Waals surface area (Å²) in [5.74, 6) is 1.44. The van der Waals surface area contributed by atoms with E-state index >= 15 is 0 Å². The van der Waals surface area contributed by atoms with Gasteiger partial charge in [-0.3, -0.25) is 4.79 Å². The number of benzene rings is 1. The van der Waals surface area contributed by atoms with E-state index in [1.807, 2.05) is 0 Å². The van der Waals surface area contributed by atoms with Gasteiger partial charge in [0.25, 0.3) is 0 Å². The highest BCUT2D eigenvalue weighted by molar-refractivity contribution is 5.85. The van der Waals surface area contributed by atoms with Crippen molar-refractivity contribution >= 4 is 18.3 Å². The Hall–Kier alpha value is -1.06. The number of rotatable bonds is 7. The molecule has 4 heteroatoms. The minimum absolute atomic E-state index is 0. The molecule has 2 N–H and O–H groups in total. The first-order chi connectivity index (χ1) is 9.15. The first-order valence-electron chi connectivity index (χ1n) is 7.21. The van der Waals surface area contributed by atoms with E-state index in [1.165, 1.54) is 18.4 Å². The molecule has 0 spiro atoms. The molecule has 20 heavy (non-hydrogen) atoms. The Balaban J connectivity index is 0.00000200. The Labute approximate surface area is 127 Å². The molecule has 0 unspecified atom stereocenters. The maximum atomic E-state index is 11.6. The fourth-order valence-electron chi connectivity index (χ4n) is 2.00. The van der Waals surface area contributed by atoms with Crippen LogP contribution in [0.15, 0.2) is 24.3 Å². The number of carbonyl (C=O) groups excluding carboxylic acids is 1. The van der Waals surface area contributed by atoms with Crippen molar-refractivity contribution in [3.8, 4) is 0 Å². The summed E-state index contributed by atoms with van der Waals surface area (Å²) >= 11 is 0. The molecule has 1 fully saturated rings. The second-order valence-corrected chi connectivity index (χ2v) is 5.75. The van der Waals surface area contributed by atoms with Gasteiger partial charge < -0.3 is 10.6 Å². The highest BCUT2D eigenvalue weighted by atomic mass is 35.5. The third-order valence-corrected chi connectivity index (χ3v) is 3.55. The van der Waals surface area contributed by atoms with Gasteiger partial charge in [-0.2, -0.15) is 0 Å². The fourth-order valence-corrected chi connectivity index (χ4v) is 2.00. The lowest BCUT2D eigenvalue weighted by molar-refractivity contribution is -0.120. The number of halogens is 1. The summed E-state index contributed by atoms with van der Waals surface area (Å²) in [4.78, 5) is 11.6. The molecule has 0 aliphatic heterocycles. The standard InChI is InChI=1S/C16H24N2O.ClH/c1-12(2)15-7-5-14(6-8-15)10-18-16(19)11-17-9-13-3-4-13;/h5-8,12-13,17H,3-4,9-11H2,1-2H3,(H,18,19);1H. The van der Waals surface area contributed by atoms with Crippen LogP contribution in [-0.4, -0.2) is 19.0 Å². The molecule has 0 saturated heterocycles. The normalized spacial score (nSPS) is 13.9. The van der Waals surface area contributed by atoms with Crippen LogP contribution in [0.2, 0.25) is 0 Å². The molecular weight excluding hydrogens is 272 g/mol. The van der Waals surface area contributed by atoms with Crippen LogP contribution in [0.5, 0.6) is 0 Å². The molecular formula is C16H25ClN2O. The number of amides is 1. The molecule has 1 saturated carbocycles. The molecule has 0 aromatic heterocycles. The zero-order valence-electron chi connectivity index (χ0n) is 12.3. The van der Waals surface area contributed by atoms with Gasteiger partial charge in [-0.05, 0) is 42.3 Å². The van der Waals surface area contributed by atoms with Crippen molar-refractivity contribution in [2.24, 2.45) is 5.92 Å². The molecule has 3 nitrogen and oxygen atoms in total. The molecule has 1 aromatic rings. The number of hydrogen-bond donors (Lipinski definition) is 2. The van der Waals surface area contributed by atoms with E-state index in [4.69, 9.17) is 0 Å². The Morgan fingerprint density at radius 1 is 1.25 bits per heavy atom. The molecule has 0 radical (unpaired) electrons. The average Bonchev–Trinajstić information content (AvgIpc) is 3.21. The maximum Gasteiger partial charge on any atom is 0.234 e. The summed E-state index contributed by atoms with van der Waals surface area (Å²) in [6, 6.07) is 8.45. The fraction of sp³-hybridized carbons (Fsp3) is 0.562. The van der Waals surface area contributed by atoms with Crippen molar-refractivity contribution in [2.45, 2.75) is 39.2 Å². The van der Waals surface area contributed by atoms with Gasteiger partial charge in [0.1, 0.15) is 0 Å². The van der Waals surface area contributed by atoms with Crippen LogP contribution in [0.4, 0.5) is 0 Å². The van der Waals surface area contributed by atoms with Gasteiger partial charge in [0.2, 0.25) is 5.91 Å². The van der Waals surface area contributed by atoms with Crippen molar-refractivity contribution < 1.29 is 4.79 Å². The van der Waals surface area contributed by atoms with Crippen LogP contribution in [0.25, 0.3) is 0 Å². The van der Waals surface area contributed by atoms with Gasteiger partial charge in [0, 0.05) is 6.54 Å². The van der Waals surface area contributed by atoms with Gasteiger partial charge in [0.15, 0.2) is 0 Å². The van der Waals surface area contributed by atoms with Crippen LogP contribution in [0.3, 0.4) is 0 Å². The van der Waals surface area contributed by atoms with Gasteiger partial charge in [-0.15, -0.1) is 12.4 Å². The van der Waals surface area contributed by atoms with Gasteiger partial charge in [-0.1, -0.05) is 38.1 Å². The van der Waals surface area contributed by atoms with E-state index in [0.717, 1.165) is 18.0 Å². The van der Waals surface area contributed by atoms with Crippen molar-refractivity contribution in [2.75, 3.05) is 13.1 Å². The zero-order chi connectivity index (χ0) is 13.7. The molecule has 0 atom stereocenters. The highest BCUT2D eigenvalue weighted by Crippen LogP contribution is 2.27. The third kappa shape index (κ3) is 5.93. The molecule has 0 bridgehead atoms. The van der Waals surface area contributed by atoms with E-state index in [9.17, 15) is 4.79 Å². The number of carbonyl (C=O) groups is 1. The van der Waals surface area contributed by atoms with Crippen LogP contribution in [0.1, 0.15) is 43.7 Å². The molecule has 2 rings (SSSR count). The molecule has 1 aromatic carbocycles. The van der Waals surface area contributed by atoms with Crippen molar-refractivity contribution in [1.82, 2.24) is 10.6 Å². The van der Waals surface area contributed by atoms with Gasteiger partial charge >= 0.3 is 0 Å². The lowest BCUT2D eigenvalue weighted by Crippen LogP contribution is -2.34. The minimum atomic E-state index is 0. The topological polar surface area (TPSA) is 41.1 Å². The van der Waals surface area contributed by atoms with Crippen molar-refractivity contribution in [3.05, 3.63) is 35.4 Å². The van der Waals surface area contributed by atoms with E-state index < -0.39 is 0 Å². The van der Waals surface area contributed by atoms with E-state index in [-0.39, 0.29) is 18.3 Å². The van der Waals surface area contributed by atoms with Crippen LogP contribution in [-0.2, 0) is 11.3 Å². The summed E-state index contributed by atoms with van der Waals surface area (Å²) in [6.07, 6.45) is 2.63. The van der Waals surface area contributed by atoms with E-state index in [0.29, 0.717) is 19.0 Å². The molecule has 1 amide bonds. The van der Waals surface area contributed by atoms with Crippen molar-refractivity contribution in [1.29, 1.82) is 0 Å². The molecule has 1 aliphatic rings. The third-order valence-electron chi connectivity index (χ3n) is 3.55. The maximum absolute atomic E-state index is 11.6. The smallest absolute Gasteiger partial charge is 0.234 e. The zero-order valence-corrected chi connectivity index (χ0v) is 13.1. The second kappa shape index (κ2) is 8.28. The van der Waals surface area contributed by atoms with Crippen LogP contribution < -0.4 is 10.6 Å². The largest absolute Gasteiger partial charge is 0.351 e. The predicted octanol–water partition coefficient (Wildman–Crippen LogP) is 2.85. The first kappa shape index (κ1) is 17.0. The highest BCUT2D eigenvalue weighted by Gasteiger charge is 2.20. The Morgan fingerprint density at radius 3 is 2.45 bits per heavy atom. The minimum Gasteiger partial charge on any atom is -0.351 e. The quantitative estimate of drug-likeness (QED) is 0.812. The summed E-state index contributed by atoms with van der Waals surface area (Å²) in [7, 11) is 0. The monoisotopic (exact) mass is 296 g/mol. The van der Waals surface area contributed by atoms with Crippen molar-refractivity contribution in [3.63, 3.8) is 0 Å². The van der Waals surface area contributed by atoms with E-state index in [1.54, 1.807) is 0 Å². The predicted molar refractivity (Wildman–Crippen MR) is 85.2 cm³/mol. The summed E-state index contributed by atoms with van der Waals surface area (Å²) in [5.41, 5.74) is 2.49. The van der Waals surface area contributed by atoms with E-state index in [2.05, 4.69) is 48.7 Å². The molecule has 112 valence electrons. The lowest BCUT2D eigenvalue weighted by atomic mass is 10.0. The summed E-state index contributed by atoms with van der Waals surface area (Å²) in [5, 5.41) is 6.14. The molecule has 1 aliphatic carbocycles. The Kier molecular flexibility index (Phi) is 7.03. The Bertz CT molecular complexity index is 413. The SMILES string of the molecule is CC(C)c1ccc(CNC(=O)CNCC2CC2)cc1.Cl. The lowest BCUT2D eigenvalue weighted by Gasteiger charge is -2.08. The van der Waals surface area contributed by atoms with Crippen LogP contribution in [0, 0.1) is 5.92 Å².